The average Bonchev–Trinajstić information content (AvgIpc) is 3.49. The van der Waals surface area contributed by atoms with Gasteiger partial charge in [0, 0.05) is 25.0 Å². The highest BCUT2D eigenvalue weighted by molar-refractivity contribution is 5.82. The van der Waals surface area contributed by atoms with E-state index < -0.39 is 18.2 Å². The summed E-state index contributed by atoms with van der Waals surface area (Å²) in [5.74, 6) is -1.06. The molecule has 2 amide bonds. The van der Waals surface area contributed by atoms with Gasteiger partial charge in [-0.3, -0.25) is 9.59 Å². The first kappa shape index (κ1) is 23.4. The van der Waals surface area contributed by atoms with Crippen molar-refractivity contribution in [1.82, 2.24) is 10.2 Å². The summed E-state index contributed by atoms with van der Waals surface area (Å²) in [6, 6.07) is 16.5. The number of carboxylic acids is 1. The van der Waals surface area contributed by atoms with Gasteiger partial charge in [0.05, 0.1) is 12.5 Å². The lowest BCUT2D eigenvalue weighted by Gasteiger charge is -2.25. The summed E-state index contributed by atoms with van der Waals surface area (Å²) in [6.45, 7) is 0.715. The van der Waals surface area contributed by atoms with Crippen LogP contribution in [-0.4, -0.2) is 65.9 Å². The lowest BCUT2D eigenvalue weighted by atomic mass is 9.98. The predicted molar refractivity (Wildman–Crippen MR) is 128 cm³/mol. The molecule has 1 aliphatic heterocycles. The van der Waals surface area contributed by atoms with Crippen molar-refractivity contribution in [3.8, 4) is 11.1 Å². The minimum absolute atomic E-state index is 0.00269. The molecule has 1 saturated heterocycles. The number of carbonyl (C=O) groups is 3. The topological polar surface area (TPSA) is 105 Å². The van der Waals surface area contributed by atoms with Crippen LogP contribution < -0.4 is 5.32 Å². The lowest BCUT2D eigenvalue weighted by Crippen LogP contribution is -2.42. The maximum absolute atomic E-state index is 12.9. The highest BCUT2D eigenvalue weighted by Gasteiger charge is 2.39. The zero-order valence-corrected chi connectivity index (χ0v) is 19.5. The van der Waals surface area contributed by atoms with E-state index in [2.05, 4.69) is 29.6 Å². The third-order valence-electron chi connectivity index (χ3n) is 7.04. The van der Waals surface area contributed by atoms with Crippen molar-refractivity contribution < 1.29 is 29.0 Å². The van der Waals surface area contributed by atoms with Crippen LogP contribution in [0.4, 0.5) is 4.79 Å². The molecule has 8 heteroatoms. The molecule has 8 nitrogen and oxygen atoms in total. The number of nitrogens with one attached hydrogen (secondary N) is 1. The number of hydrogen-bond donors (Lipinski definition) is 2. The molecular weight excluding hydrogens is 448 g/mol. The molecule has 2 unspecified atom stereocenters. The molecule has 35 heavy (non-hydrogen) atoms. The van der Waals surface area contributed by atoms with Crippen molar-refractivity contribution in [2.45, 2.75) is 56.3 Å². The van der Waals surface area contributed by atoms with E-state index in [1.807, 2.05) is 24.3 Å². The third-order valence-corrected chi connectivity index (χ3v) is 7.04. The minimum Gasteiger partial charge on any atom is -0.481 e. The maximum Gasteiger partial charge on any atom is 0.407 e. The Balaban J connectivity index is 1.10. The van der Waals surface area contributed by atoms with Gasteiger partial charge in [-0.25, -0.2) is 4.79 Å². The van der Waals surface area contributed by atoms with E-state index in [0.29, 0.717) is 12.8 Å². The Morgan fingerprint density at radius 3 is 2.26 bits per heavy atom. The molecule has 0 bridgehead atoms. The van der Waals surface area contributed by atoms with Crippen molar-refractivity contribution in [2.75, 3.05) is 19.7 Å². The second-order valence-electron chi connectivity index (χ2n) is 9.44. The number of amides is 2. The predicted octanol–water partition coefficient (Wildman–Crippen LogP) is 3.54. The molecule has 1 heterocycles. The summed E-state index contributed by atoms with van der Waals surface area (Å²) >= 11 is 0. The number of nitrogens with zero attached hydrogens (tertiary/aromatic N) is 1. The van der Waals surface area contributed by atoms with Crippen LogP contribution in [0, 0.1) is 0 Å². The largest absolute Gasteiger partial charge is 0.481 e. The van der Waals surface area contributed by atoms with Crippen LogP contribution in [0.15, 0.2) is 48.5 Å². The van der Waals surface area contributed by atoms with Gasteiger partial charge in [0.25, 0.3) is 5.91 Å². The fourth-order valence-corrected chi connectivity index (χ4v) is 5.14. The summed E-state index contributed by atoms with van der Waals surface area (Å²) in [6.07, 6.45) is 1.59. The van der Waals surface area contributed by atoms with Gasteiger partial charge in [0.1, 0.15) is 12.7 Å². The first-order valence-electron chi connectivity index (χ1n) is 12.3. The molecule has 0 radical (unpaired) electrons. The van der Waals surface area contributed by atoms with Gasteiger partial charge >= 0.3 is 12.1 Å². The van der Waals surface area contributed by atoms with Gasteiger partial charge in [-0.1, -0.05) is 48.5 Å². The quantitative estimate of drug-likeness (QED) is 0.571. The van der Waals surface area contributed by atoms with Crippen LogP contribution >= 0.6 is 0 Å². The van der Waals surface area contributed by atoms with Crippen LogP contribution in [0.25, 0.3) is 11.1 Å². The van der Waals surface area contributed by atoms with E-state index in [4.69, 9.17) is 14.6 Å². The molecule has 2 aromatic carbocycles. The smallest absolute Gasteiger partial charge is 0.407 e. The summed E-state index contributed by atoms with van der Waals surface area (Å²) < 4.78 is 11.5. The Kier molecular flexibility index (Phi) is 6.72. The van der Waals surface area contributed by atoms with Gasteiger partial charge in [0.2, 0.25) is 0 Å². The van der Waals surface area contributed by atoms with Gasteiger partial charge < -0.3 is 24.8 Å². The number of carbonyl (C=O) groups excluding carboxylic acids is 2. The van der Waals surface area contributed by atoms with Crippen molar-refractivity contribution in [1.29, 1.82) is 0 Å². The molecular formula is C27H30N2O6. The fourth-order valence-electron chi connectivity index (χ4n) is 5.14. The zero-order valence-electron chi connectivity index (χ0n) is 19.5. The van der Waals surface area contributed by atoms with Crippen LogP contribution in [0.2, 0.25) is 0 Å². The number of hydrogen-bond acceptors (Lipinski definition) is 5. The minimum atomic E-state index is -0.916. The van der Waals surface area contributed by atoms with Crippen LogP contribution in [0.1, 0.15) is 49.1 Å². The number of fused-ring (bicyclic) bond motifs is 3. The van der Waals surface area contributed by atoms with Crippen LogP contribution in [-0.2, 0) is 19.1 Å². The molecule has 0 spiro atoms. The second kappa shape index (κ2) is 10.1. The lowest BCUT2D eigenvalue weighted by molar-refractivity contribution is -0.145. The molecule has 5 rings (SSSR count). The monoisotopic (exact) mass is 478 g/mol. The van der Waals surface area contributed by atoms with Crippen molar-refractivity contribution in [3.63, 3.8) is 0 Å². The van der Waals surface area contributed by atoms with E-state index in [1.54, 1.807) is 4.90 Å². The first-order valence-corrected chi connectivity index (χ1v) is 12.3. The average molecular weight is 479 g/mol. The zero-order chi connectivity index (χ0) is 24.4. The van der Waals surface area contributed by atoms with Crippen molar-refractivity contribution in [2.24, 2.45) is 0 Å². The fraction of sp³-hybridized carbons (Fsp3) is 0.444. The van der Waals surface area contributed by atoms with Crippen LogP contribution in [0.5, 0.6) is 0 Å². The molecule has 1 saturated carbocycles. The standard InChI is InChI=1S/C27H30N2O6/c30-25(31)13-14-29(17-9-10-17)26(32)24-12-11-18(35-24)15-28-27(33)34-16-23-21-7-3-1-5-19(21)20-6-2-4-8-22(20)23/h1-8,17-18,23-24H,9-16H2,(H,28,33)(H,30,31). The molecule has 2 aliphatic carbocycles. The van der Waals surface area contributed by atoms with Gasteiger partial charge in [-0.15, -0.1) is 0 Å². The maximum atomic E-state index is 12.9. The number of benzene rings is 2. The van der Waals surface area contributed by atoms with E-state index in [1.165, 1.54) is 11.1 Å². The van der Waals surface area contributed by atoms with E-state index in [9.17, 15) is 14.4 Å². The second-order valence-corrected chi connectivity index (χ2v) is 9.44. The Morgan fingerprint density at radius 1 is 0.971 bits per heavy atom. The van der Waals surface area contributed by atoms with E-state index in [0.717, 1.165) is 24.0 Å². The number of alkyl carbamates (subject to hydrolysis) is 1. The van der Waals surface area contributed by atoms with Gasteiger partial charge in [0.15, 0.2) is 0 Å². The number of ether oxygens (including phenoxy) is 2. The summed E-state index contributed by atoms with van der Waals surface area (Å²) in [7, 11) is 0. The van der Waals surface area contributed by atoms with E-state index in [-0.39, 0.29) is 50.1 Å². The molecule has 2 N–H and O–H groups in total. The first-order chi connectivity index (χ1) is 17.0. The number of carboxylic acid groups (broad SMARTS) is 1. The Morgan fingerprint density at radius 2 is 1.63 bits per heavy atom. The van der Waals surface area contributed by atoms with E-state index >= 15 is 0 Å². The molecule has 2 fully saturated rings. The SMILES string of the molecule is O=C(O)CCN(C(=O)C1CCC(CNC(=O)OCC2c3ccccc3-c3ccccc32)O1)C1CC1. The number of rotatable bonds is 9. The van der Waals surface area contributed by atoms with Crippen molar-refractivity contribution in [3.05, 3.63) is 59.7 Å². The molecule has 184 valence electrons. The normalized spacial score (nSPS) is 20.7. The molecule has 2 atom stereocenters. The number of aliphatic carboxylic acids is 1. The highest BCUT2D eigenvalue weighted by Crippen LogP contribution is 2.44. The Hall–Kier alpha value is -3.39. The molecule has 2 aromatic rings. The summed E-state index contributed by atoms with van der Waals surface area (Å²) in [4.78, 5) is 37.9. The molecule has 3 aliphatic rings. The van der Waals surface area contributed by atoms with Gasteiger partial charge in [-0.05, 0) is 47.9 Å². The Labute approximate surface area is 204 Å². The van der Waals surface area contributed by atoms with Crippen LogP contribution in [0.3, 0.4) is 0 Å². The Bertz CT molecular complexity index is 1070. The molecule has 0 aromatic heterocycles. The summed E-state index contributed by atoms with van der Waals surface area (Å²) in [5, 5.41) is 11.7. The third kappa shape index (κ3) is 5.17. The van der Waals surface area contributed by atoms with Crippen molar-refractivity contribution >= 4 is 18.0 Å². The summed E-state index contributed by atoms with van der Waals surface area (Å²) in [5.41, 5.74) is 4.67. The highest BCUT2D eigenvalue weighted by atomic mass is 16.5. The van der Waals surface area contributed by atoms with Gasteiger partial charge in [-0.2, -0.15) is 0 Å².